The second-order valence-corrected chi connectivity index (χ2v) is 5.20. The van der Waals surface area contributed by atoms with Gasteiger partial charge in [0.2, 0.25) is 0 Å². The molecule has 104 valence electrons. The van der Waals surface area contributed by atoms with Crippen LogP contribution >= 0.6 is 0 Å². The Morgan fingerprint density at radius 2 is 2.00 bits per heavy atom. The van der Waals surface area contributed by atoms with Gasteiger partial charge in [0, 0.05) is 24.1 Å². The number of rotatable bonds is 5. The van der Waals surface area contributed by atoms with Gasteiger partial charge in [-0.25, -0.2) is 4.39 Å². The molecule has 20 heavy (non-hydrogen) atoms. The van der Waals surface area contributed by atoms with Gasteiger partial charge in [-0.1, -0.05) is 30.3 Å². The monoisotopic (exact) mass is 271 g/mol. The summed E-state index contributed by atoms with van der Waals surface area (Å²) in [5, 5.41) is 3.48. The van der Waals surface area contributed by atoms with Crippen LogP contribution in [0.4, 0.5) is 4.39 Å². The third kappa shape index (κ3) is 2.83. The lowest BCUT2D eigenvalue weighted by atomic mass is 10.1. The van der Waals surface area contributed by atoms with Crippen molar-refractivity contribution in [3.8, 4) is 5.75 Å². The van der Waals surface area contributed by atoms with Gasteiger partial charge in [-0.05, 0) is 30.2 Å². The Balaban J connectivity index is 1.60. The minimum atomic E-state index is -0.224. The molecular formula is C17H18FNO. The summed E-state index contributed by atoms with van der Waals surface area (Å²) in [7, 11) is 1.61. The van der Waals surface area contributed by atoms with Gasteiger partial charge in [-0.15, -0.1) is 0 Å². The Morgan fingerprint density at radius 1 is 1.20 bits per heavy atom. The van der Waals surface area contributed by atoms with Crippen molar-refractivity contribution in [3.63, 3.8) is 0 Å². The minimum Gasteiger partial charge on any atom is -0.496 e. The molecule has 1 N–H and O–H groups in total. The molecule has 2 nitrogen and oxygen atoms in total. The Hall–Kier alpha value is -1.87. The van der Waals surface area contributed by atoms with Crippen molar-refractivity contribution in [2.75, 3.05) is 7.11 Å². The van der Waals surface area contributed by atoms with E-state index in [9.17, 15) is 4.39 Å². The van der Waals surface area contributed by atoms with Crippen LogP contribution in [0.3, 0.4) is 0 Å². The first kappa shape index (κ1) is 13.1. The fourth-order valence-electron chi connectivity index (χ4n) is 2.62. The fraction of sp³-hybridized carbons (Fsp3) is 0.294. The molecule has 0 spiro atoms. The van der Waals surface area contributed by atoms with E-state index in [4.69, 9.17) is 4.74 Å². The zero-order valence-electron chi connectivity index (χ0n) is 11.5. The highest BCUT2D eigenvalue weighted by Gasteiger charge is 2.37. The van der Waals surface area contributed by atoms with Crippen LogP contribution in [0.2, 0.25) is 0 Å². The molecule has 2 atom stereocenters. The number of ether oxygens (including phenoxy) is 1. The minimum absolute atomic E-state index is 0.224. The summed E-state index contributed by atoms with van der Waals surface area (Å²) in [5.41, 5.74) is 2.24. The highest BCUT2D eigenvalue weighted by molar-refractivity contribution is 5.34. The molecule has 0 bridgehead atoms. The maximum atomic E-state index is 13.3. The molecule has 2 aromatic rings. The van der Waals surface area contributed by atoms with Crippen molar-refractivity contribution < 1.29 is 9.13 Å². The van der Waals surface area contributed by atoms with Crippen LogP contribution in [0.1, 0.15) is 23.5 Å². The molecule has 3 rings (SSSR count). The van der Waals surface area contributed by atoms with Crippen molar-refractivity contribution in [1.82, 2.24) is 5.32 Å². The van der Waals surface area contributed by atoms with Gasteiger partial charge < -0.3 is 10.1 Å². The molecule has 1 aliphatic carbocycles. The predicted octanol–water partition coefficient (Wildman–Crippen LogP) is 3.48. The van der Waals surface area contributed by atoms with Gasteiger partial charge in [-0.2, -0.15) is 0 Å². The van der Waals surface area contributed by atoms with Crippen molar-refractivity contribution in [2.45, 2.75) is 24.9 Å². The van der Waals surface area contributed by atoms with Crippen LogP contribution in [-0.4, -0.2) is 13.2 Å². The fourth-order valence-corrected chi connectivity index (χ4v) is 2.62. The number of hydrogen-bond donors (Lipinski definition) is 1. The predicted molar refractivity (Wildman–Crippen MR) is 77.4 cm³/mol. The zero-order valence-corrected chi connectivity index (χ0v) is 11.5. The van der Waals surface area contributed by atoms with E-state index >= 15 is 0 Å². The maximum absolute atomic E-state index is 13.3. The van der Waals surface area contributed by atoms with Gasteiger partial charge in [0.15, 0.2) is 0 Å². The average molecular weight is 271 g/mol. The van der Waals surface area contributed by atoms with Gasteiger partial charge >= 0.3 is 0 Å². The molecule has 2 aromatic carbocycles. The number of methoxy groups -OCH3 is 1. The Morgan fingerprint density at radius 3 is 2.75 bits per heavy atom. The lowest BCUT2D eigenvalue weighted by Crippen LogP contribution is -2.17. The molecule has 0 saturated heterocycles. The van der Waals surface area contributed by atoms with E-state index in [1.165, 1.54) is 17.7 Å². The van der Waals surface area contributed by atoms with Gasteiger partial charge in [0.1, 0.15) is 11.6 Å². The third-order valence-electron chi connectivity index (χ3n) is 3.82. The highest BCUT2D eigenvalue weighted by atomic mass is 19.1. The topological polar surface area (TPSA) is 21.3 Å². The first-order valence-corrected chi connectivity index (χ1v) is 6.88. The Bertz CT molecular complexity index is 585. The van der Waals surface area contributed by atoms with E-state index < -0.39 is 0 Å². The molecule has 1 aliphatic rings. The Labute approximate surface area is 118 Å². The van der Waals surface area contributed by atoms with E-state index in [0.717, 1.165) is 17.7 Å². The first-order valence-electron chi connectivity index (χ1n) is 6.88. The standard InChI is InChI=1S/C17H18FNO/c1-20-17-8-7-14(18)9-13(17)11-19-16-10-15(16)12-5-3-2-4-6-12/h2-9,15-16,19H,10-11H2,1H3. The van der Waals surface area contributed by atoms with Crippen LogP contribution < -0.4 is 10.1 Å². The van der Waals surface area contributed by atoms with Gasteiger partial charge in [0.25, 0.3) is 0 Å². The number of benzene rings is 2. The Kier molecular flexibility index (Phi) is 3.70. The molecule has 0 aromatic heterocycles. The highest BCUT2D eigenvalue weighted by Crippen LogP contribution is 2.40. The molecule has 3 heteroatoms. The van der Waals surface area contributed by atoms with Crippen molar-refractivity contribution in [2.24, 2.45) is 0 Å². The summed E-state index contributed by atoms with van der Waals surface area (Å²) in [6, 6.07) is 15.6. The lowest BCUT2D eigenvalue weighted by Gasteiger charge is -2.09. The summed E-state index contributed by atoms with van der Waals surface area (Å²) in [5.74, 6) is 1.09. The van der Waals surface area contributed by atoms with E-state index in [1.54, 1.807) is 13.2 Å². The van der Waals surface area contributed by atoms with Crippen molar-refractivity contribution in [1.29, 1.82) is 0 Å². The van der Waals surface area contributed by atoms with Gasteiger partial charge in [-0.3, -0.25) is 0 Å². The first-order chi connectivity index (χ1) is 9.78. The number of nitrogens with one attached hydrogen (secondary N) is 1. The van der Waals surface area contributed by atoms with Crippen molar-refractivity contribution in [3.05, 3.63) is 65.5 Å². The smallest absolute Gasteiger partial charge is 0.123 e. The van der Waals surface area contributed by atoms with E-state index in [2.05, 4.69) is 29.6 Å². The summed E-state index contributed by atoms with van der Waals surface area (Å²) >= 11 is 0. The molecule has 0 radical (unpaired) electrons. The second kappa shape index (κ2) is 5.63. The van der Waals surface area contributed by atoms with E-state index in [1.807, 2.05) is 6.07 Å². The van der Waals surface area contributed by atoms with Gasteiger partial charge in [0.05, 0.1) is 7.11 Å². The van der Waals surface area contributed by atoms with Crippen LogP contribution in [0.25, 0.3) is 0 Å². The lowest BCUT2D eigenvalue weighted by molar-refractivity contribution is 0.406. The molecule has 1 fully saturated rings. The van der Waals surface area contributed by atoms with E-state index in [0.29, 0.717) is 18.5 Å². The summed E-state index contributed by atoms with van der Waals surface area (Å²) in [6.45, 7) is 0.634. The van der Waals surface area contributed by atoms with Crippen LogP contribution in [0.15, 0.2) is 48.5 Å². The van der Waals surface area contributed by atoms with Crippen LogP contribution in [0, 0.1) is 5.82 Å². The van der Waals surface area contributed by atoms with Crippen LogP contribution in [0.5, 0.6) is 5.75 Å². The molecular weight excluding hydrogens is 253 g/mol. The summed E-state index contributed by atoms with van der Waals surface area (Å²) in [4.78, 5) is 0. The average Bonchev–Trinajstić information content (AvgIpc) is 3.26. The third-order valence-corrected chi connectivity index (χ3v) is 3.82. The SMILES string of the molecule is COc1ccc(F)cc1CNC1CC1c1ccccc1. The second-order valence-electron chi connectivity index (χ2n) is 5.20. The van der Waals surface area contributed by atoms with Crippen molar-refractivity contribution >= 4 is 0 Å². The normalized spacial score (nSPS) is 20.7. The maximum Gasteiger partial charge on any atom is 0.123 e. The summed E-state index contributed by atoms with van der Waals surface area (Å²) < 4.78 is 18.5. The molecule has 1 saturated carbocycles. The van der Waals surface area contributed by atoms with E-state index in [-0.39, 0.29) is 5.82 Å². The summed E-state index contributed by atoms with van der Waals surface area (Å²) in [6.07, 6.45) is 1.14. The number of hydrogen-bond acceptors (Lipinski definition) is 2. The largest absolute Gasteiger partial charge is 0.496 e. The quantitative estimate of drug-likeness (QED) is 0.899. The number of halogens is 1. The zero-order chi connectivity index (χ0) is 13.9. The molecule has 2 unspecified atom stereocenters. The van der Waals surface area contributed by atoms with Crippen LogP contribution in [-0.2, 0) is 6.54 Å². The molecule has 0 heterocycles. The molecule has 0 amide bonds. The molecule has 0 aliphatic heterocycles.